The Kier molecular flexibility index (Phi) is 4.75. The largest absolute Gasteiger partial charge is 0.296 e. The minimum absolute atomic E-state index is 0.246. The standard InChI is InChI=1S/C20H19N5O2S2/c26-29(27,18-8-2-7-17-20(18)23-28-22-17)25-12-10-24(11-13-25)14-16-5-1-4-15-6-3-9-21-19(15)16/h1-9H,10-14H2. The fraction of sp³-hybridized carbons (Fsp3) is 0.250. The molecule has 0 spiro atoms. The van der Waals surface area contributed by atoms with E-state index in [1.165, 1.54) is 0 Å². The number of para-hydroxylation sites is 1. The lowest BCUT2D eigenvalue weighted by Crippen LogP contribution is -2.48. The molecule has 1 fully saturated rings. The van der Waals surface area contributed by atoms with Crippen LogP contribution in [-0.4, -0.2) is 57.5 Å². The number of fused-ring (bicyclic) bond motifs is 2. The van der Waals surface area contributed by atoms with Gasteiger partial charge in [0.25, 0.3) is 0 Å². The monoisotopic (exact) mass is 425 g/mol. The molecule has 3 heterocycles. The average molecular weight is 426 g/mol. The summed E-state index contributed by atoms with van der Waals surface area (Å²) in [4.78, 5) is 7.04. The molecule has 1 aliphatic rings. The van der Waals surface area contributed by atoms with Crippen molar-refractivity contribution < 1.29 is 8.42 Å². The van der Waals surface area contributed by atoms with Gasteiger partial charge in [-0.2, -0.15) is 13.1 Å². The number of pyridine rings is 1. The maximum atomic E-state index is 13.2. The van der Waals surface area contributed by atoms with Gasteiger partial charge < -0.3 is 0 Å². The van der Waals surface area contributed by atoms with Crippen molar-refractivity contribution in [1.29, 1.82) is 0 Å². The molecule has 2 aromatic carbocycles. The van der Waals surface area contributed by atoms with Gasteiger partial charge in [-0.15, -0.1) is 0 Å². The molecule has 2 aromatic heterocycles. The molecule has 4 aromatic rings. The molecule has 0 unspecified atom stereocenters. The number of aromatic nitrogens is 3. The maximum absolute atomic E-state index is 13.2. The molecule has 1 aliphatic heterocycles. The van der Waals surface area contributed by atoms with E-state index < -0.39 is 10.0 Å². The molecule has 1 saturated heterocycles. The second kappa shape index (κ2) is 7.42. The Balaban J connectivity index is 1.33. The Morgan fingerprint density at radius 3 is 2.55 bits per heavy atom. The first-order valence-electron chi connectivity index (χ1n) is 9.39. The summed E-state index contributed by atoms with van der Waals surface area (Å²) in [6, 6.07) is 15.3. The van der Waals surface area contributed by atoms with Gasteiger partial charge in [-0.25, -0.2) is 8.42 Å². The van der Waals surface area contributed by atoms with Crippen molar-refractivity contribution in [2.45, 2.75) is 11.4 Å². The van der Waals surface area contributed by atoms with E-state index in [1.54, 1.807) is 22.5 Å². The molecule has 0 bridgehead atoms. The second-order valence-electron chi connectivity index (χ2n) is 7.06. The number of rotatable bonds is 4. The number of benzene rings is 2. The fourth-order valence-corrected chi connectivity index (χ4v) is 5.97. The number of sulfonamides is 1. The third-order valence-corrected chi connectivity index (χ3v) is 7.78. The normalized spacial score (nSPS) is 16.6. The van der Waals surface area contributed by atoms with Crippen molar-refractivity contribution in [3.63, 3.8) is 0 Å². The van der Waals surface area contributed by atoms with Crippen molar-refractivity contribution in [2.24, 2.45) is 0 Å². The highest BCUT2D eigenvalue weighted by Gasteiger charge is 2.30. The molecule has 0 saturated carbocycles. The average Bonchev–Trinajstić information content (AvgIpc) is 3.23. The Labute approximate surface area is 173 Å². The quantitative estimate of drug-likeness (QED) is 0.500. The lowest BCUT2D eigenvalue weighted by molar-refractivity contribution is 0.182. The smallest absolute Gasteiger partial charge is 0.245 e. The van der Waals surface area contributed by atoms with Gasteiger partial charge >= 0.3 is 0 Å². The van der Waals surface area contributed by atoms with Crippen LogP contribution in [-0.2, 0) is 16.6 Å². The van der Waals surface area contributed by atoms with Crippen LogP contribution in [0.25, 0.3) is 21.9 Å². The number of hydrogen-bond acceptors (Lipinski definition) is 7. The molecule has 0 N–H and O–H groups in total. The van der Waals surface area contributed by atoms with E-state index in [0.717, 1.165) is 34.7 Å². The summed E-state index contributed by atoms with van der Waals surface area (Å²) >= 11 is 1.04. The number of nitrogens with zero attached hydrogens (tertiary/aromatic N) is 5. The molecule has 0 atom stereocenters. The van der Waals surface area contributed by atoms with E-state index in [1.807, 2.05) is 18.3 Å². The third kappa shape index (κ3) is 3.40. The van der Waals surface area contributed by atoms with Gasteiger partial charge in [0.15, 0.2) is 0 Å². The molecule has 9 heteroatoms. The fourth-order valence-electron chi connectivity index (χ4n) is 3.79. The van der Waals surface area contributed by atoms with Crippen LogP contribution in [0.3, 0.4) is 0 Å². The summed E-state index contributed by atoms with van der Waals surface area (Å²) in [7, 11) is -3.59. The first kappa shape index (κ1) is 18.6. The first-order valence-corrected chi connectivity index (χ1v) is 11.6. The van der Waals surface area contributed by atoms with Gasteiger partial charge in [0.05, 0.1) is 17.2 Å². The molecule has 148 valence electrons. The Bertz CT molecular complexity index is 1280. The summed E-state index contributed by atoms with van der Waals surface area (Å²) < 4.78 is 36.2. The molecule has 29 heavy (non-hydrogen) atoms. The van der Waals surface area contributed by atoms with Crippen LogP contribution in [0.4, 0.5) is 0 Å². The van der Waals surface area contributed by atoms with Crippen LogP contribution < -0.4 is 0 Å². The minimum Gasteiger partial charge on any atom is -0.296 e. The topological polar surface area (TPSA) is 79.3 Å². The summed E-state index contributed by atoms with van der Waals surface area (Å²) in [5, 5.41) is 1.12. The maximum Gasteiger partial charge on any atom is 0.245 e. The summed E-state index contributed by atoms with van der Waals surface area (Å²) in [6.07, 6.45) is 1.81. The molecular weight excluding hydrogens is 406 g/mol. The molecular formula is C20H19N5O2S2. The summed E-state index contributed by atoms with van der Waals surface area (Å²) in [6.45, 7) is 3.01. The molecule has 7 nitrogen and oxygen atoms in total. The number of hydrogen-bond donors (Lipinski definition) is 0. The van der Waals surface area contributed by atoms with Crippen LogP contribution in [0.2, 0.25) is 0 Å². The van der Waals surface area contributed by atoms with Crippen molar-refractivity contribution in [1.82, 2.24) is 22.9 Å². The van der Waals surface area contributed by atoms with E-state index in [0.29, 0.717) is 37.2 Å². The van der Waals surface area contributed by atoms with Crippen molar-refractivity contribution in [3.05, 3.63) is 60.3 Å². The van der Waals surface area contributed by atoms with Gasteiger partial charge in [-0.05, 0) is 23.8 Å². The molecule has 5 rings (SSSR count). The summed E-state index contributed by atoms with van der Waals surface area (Å²) in [5.41, 5.74) is 3.26. The van der Waals surface area contributed by atoms with Gasteiger partial charge in [0.2, 0.25) is 10.0 Å². The Morgan fingerprint density at radius 1 is 0.897 bits per heavy atom. The van der Waals surface area contributed by atoms with Crippen molar-refractivity contribution in [3.8, 4) is 0 Å². The van der Waals surface area contributed by atoms with E-state index in [9.17, 15) is 8.42 Å². The minimum atomic E-state index is -3.59. The predicted octanol–water partition coefficient (Wildman–Crippen LogP) is 2.75. The number of piperazine rings is 1. The highest BCUT2D eigenvalue weighted by Crippen LogP contribution is 2.26. The second-order valence-corrected chi connectivity index (χ2v) is 9.50. The van der Waals surface area contributed by atoms with Crippen molar-refractivity contribution >= 4 is 43.7 Å². The highest BCUT2D eigenvalue weighted by atomic mass is 32.2. The van der Waals surface area contributed by atoms with E-state index >= 15 is 0 Å². The van der Waals surface area contributed by atoms with Crippen LogP contribution in [0, 0.1) is 0 Å². The van der Waals surface area contributed by atoms with E-state index in [-0.39, 0.29) is 4.90 Å². The molecule has 0 amide bonds. The predicted molar refractivity (Wildman–Crippen MR) is 113 cm³/mol. The van der Waals surface area contributed by atoms with Gasteiger partial charge in [0.1, 0.15) is 15.9 Å². The zero-order chi connectivity index (χ0) is 19.8. The molecule has 0 aliphatic carbocycles. The Hall–Kier alpha value is -2.46. The zero-order valence-corrected chi connectivity index (χ0v) is 17.2. The molecule has 0 radical (unpaired) electrons. The zero-order valence-electron chi connectivity index (χ0n) is 15.6. The van der Waals surface area contributed by atoms with Crippen LogP contribution in [0.1, 0.15) is 5.56 Å². The third-order valence-electron chi connectivity index (χ3n) is 5.31. The van der Waals surface area contributed by atoms with Crippen LogP contribution in [0.5, 0.6) is 0 Å². The van der Waals surface area contributed by atoms with Gasteiger partial charge in [-0.3, -0.25) is 9.88 Å². The Morgan fingerprint density at radius 2 is 1.69 bits per heavy atom. The van der Waals surface area contributed by atoms with Gasteiger partial charge in [0, 0.05) is 44.3 Å². The van der Waals surface area contributed by atoms with E-state index in [4.69, 9.17) is 0 Å². The van der Waals surface area contributed by atoms with Crippen LogP contribution in [0.15, 0.2) is 59.6 Å². The highest BCUT2D eigenvalue weighted by molar-refractivity contribution is 7.89. The SMILES string of the molecule is O=S(=O)(c1cccc2nsnc12)N1CCN(Cc2cccc3cccnc23)CC1. The lowest BCUT2D eigenvalue weighted by atomic mass is 10.1. The van der Waals surface area contributed by atoms with Gasteiger partial charge in [-0.1, -0.05) is 30.3 Å². The van der Waals surface area contributed by atoms with Crippen molar-refractivity contribution in [2.75, 3.05) is 26.2 Å². The summed E-state index contributed by atoms with van der Waals surface area (Å²) in [5.74, 6) is 0. The van der Waals surface area contributed by atoms with Crippen LogP contribution >= 0.6 is 11.7 Å². The lowest BCUT2D eigenvalue weighted by Gasteiger charge is -2.34. The first-order chi connectivity index (χ1) is 14.1. The van der Waals surface area contributed by atoms with E-state index in [2.05, 4.69) is 36.8 Å².